The Kier molecular flexibility index (Phi) is 4.67. The SMILES string of the molecule is Cc1cc(CSc2nnc(Cc3cccs3)n2-c2ccccc2)no1. The van der Waals surface area contributed by atoms with Gasteiger partial charge in [-0.05, 0) is 30.5 Å². The van der Waals surface area contributed by atoms with Crippen LogP contribution in [0.4, 0.5) is 0 Å². The van der Waals surface area contributed by atoms with Crippen LogP contribution in [-0.4, -0.2) is 19.9 Å². The molecule has 0 N–H and O–H groups in total. The first kappa shape index (κ1) is 16.1. The van der Waals surface area contributed by atoms with Crippen molar-refractivity contribution in [1.29, 1.82) is 0 Å². The van der Waals surface area contributed by atoms with Gasteiger partial charge >= 0.3 is 0 Å². The quantitative estimate of drug-likeness (QED) is 0.469. The van der Waals surface area contributed by atoms with Crippen LogP contribution in [0.25, 0.3) is 5.69 Å². The topological polar surface area (TPSA) is 56.7 Å². The van der Waals surface area contributed by atoms with Gasteiger partial charge in [-0.15, -0.1) is 21.5 Å². The van der Waals surface area contributed by atoms with Gasteiger partial charge in [-0.1, -0.05) is 41.2 Å². The number of aromatic nitrogens is 4. The fourth-order valence-electron chi connectivity index (χ4n) is 2.54. The fourth-order valence-corrected chi connectivity index (χ4v) is 4.09. The summed E-state index contributed by atoms with van der Waals surface area (Å²) in [6, 6.07) is 16.3. The maximum atomic E-state index is 5.14. The number of hydrogen-bond acceptors (Lipinski definition) is 6. The predicted octanol–water partition coefficient (Wildman–Crippen LogP) is 4.51. The van der Waals surface area contributed by atoms with E-state index < -0.39 is 0 Å². The number of para-hydroxylation sites is 1. The van der Waals surface area contributed by atoms with Gasteiger partial charge in [0.15, 0.2) is 5.16 Å². The van der Waals surface area contributed by atoms with E-state index in [2.05, 4.69) is 49.6 Å². The minimum Gasteiger partial charge on any atom is -0.361 e. The monoisotopic (exact) mass is 368 g/mol. The lowest BCUT2D eigenvalue weighted by molar-refractivity contribution is 0.393. The largest absolute Gasteiger partial charge is 0.361 e. The van der Waals surface area contributed by atoms with E-state index in [9.17, 15) is 0 Å². The second-order valence-electron chi connectivity index (χ2n) is 5.54. The summed E-state index contributed by atoms with van der Waals surface area (Å²) in [5, 5.41) is 15.9. The summed E-state index contributed by atoms with van der Waals surface area (Å²) in [4.78, 5) is 1.27. The normalized spacial score (nSPS) is 11.1. The summed E-state index contributed by atoms with van der Waals surface area (Å²) >= 11 is 3.35. The van der Waals surface area contributed by atoms with E-state index in [1.165, 1.54) is 4.88 Å². The van der Waals surface area contributed by atoms with E-state index in [1.54, 1.807) is 23.1 Å². The first-order chi connectivity index (χ1) is 12.3. The van der Waals surface area contributed by atoms with E-state index in [0.717, 1.165) is 34.5 Å². The molecule has 3 heterocycles. The minimum atomic E-state index is 0.696. The summed E-state index contributed by atoms with van der Waals surface area (Å²) in [7, 11) is 0. The van der Waals surface area contributed by atoms with Crippen molar-refractivity contribution in [3.05, 3.63) is 76.1 Å². The smallest absolute Gasteiger partial charge is 0.196 e. The van der Waals surface area contributed by atoms with Crippen molar-refractivity contribution < 1.29 is 4.52 Å². The van der Waals surface area contributed by atoms with Crippen LogP contribution < -0.4 is 0 Å². The van der Waals surface area contributed by atoms with E-state index in [0.29, 0.717) is 5.75 Å². The van der Waals surface area contributed by atoms with Crippen molar-refractivity contribution in [3.8, 4) is 5.69 Å². The standard InChI is InChI=1S/C18H16N4OS2/c1-13-10-14(21-23-13)12-25-18-20-19-17(11-16-8-5-9-24-16)22(18)15-6-3-2-4-7-15/h2-10H,11-12H2,1H3. The highest BCUT2D eigenvalue weighted by atomic mass is 32.2. The molecule has 0 atom stereocenters. The lowest BCUT2D eigenvalue weighted by Crippen LogP contribution is -2.03. The van der Waals surface area contributed by atoms with Gasteiger partial charge in [0.1, 0.15) is 11.6 Å². The van der Waals surface area contributed by atoms with E-state index >= 15 is 0 Å². The zero-order valence-corrected chi connectivity index (χ0v) is 15.3. The number of aryl methyl sites for hydroxylation is 1. The van der Waals surface area contributed by atoms with Crippen LogP contribution in [0.5, 0.6) is 0 Å². The van der Waals surface area contributed by atoms with Crippen LogP contribution >= 0.6 is 23.1 Å². The molecule has 0 unspecified atom stereocenters. The van der Waals surface area contributed by atoms with Gasteiger partial charge in [0, 0.05) is 28.8 Å². The van der Waals surface area contributed by atoms with Crippen LogP contribution in [0, 0.1) is 6.92 Å². The number of hydrogen-bond donors (Lipinski definition) is 0. The molecule has 5 nitrogen and oxygen atoms in total. The fraction of sp³-hybridized carbons (Fsp3) is 0.167. The maximum absolute atomic E-state index is 5.14. The van der Waals surface area contributed by atoms with Crippen LogP contribution in [0.2, 0.25) is 0 Å². The molecule has 0 aliphatic rings. The third-order valence-corrected chi connectivity index (χ3v) is 5.49. The second kappa shape index (κ2) is 7.25. The van der Waals surface area contributed by atoms with Gasteiger partial charge in [0.05, 0.1) is 5.69 Å². The molecule has 0 saturated heterocycles. The Morgan fingerprint density at radius 3 is 2.72 bits per heavy atom. The molecule has 25 heavy (non-hydrogen) atoms. The Hall–Kier alpha value is -2.38. The maximum Gasteiger partial charge on any atom is 0.196 e. The van der Waals surface area contributed by atoms with Crippen molar-refractivity contribution in [2.24, 2.45) is 0 Å². The van der Waals surface area contributed by atoms with Crippen molar-refractivity contribution in [3.63, 3.8) is 0 Å². The van der Waals surface area contributed by atoms with Crippen molar-refractivity contribution in [1.82, 2.24) is 19.9 Å². The number of benzene rings is 1. The number of thioether (sulfide) groups is 1. The second-order valence-corrected chi connectivity index (χ2v) is 7.52. The van der Waals surface area contributed by atoms with Crippen LogP contribution in [-0.2, 0) is 12.2 Å². The molecular weight excluding hydrogens is 352 g/mol. The molecule has 1 aromatic carbocycles. The first-order valence-corrected chi connectivity index (χ1v) is 9.73. The minimum absolute atomic E-state index is 0.696. The van der Waals surface area contributed by atoms with Crippen LogP contribution in [0.3, 0.4) is 0 Å². The van der Waals surface area contributed by atoms with Crippen molar-refractivity contribution in [2.75, 3.05) is 0 Å². The van der Waals surface area contributed by atoms with Crippen molar-refractivity contribution in [2.45, 2.75) is 24.3 Å². The Labute approximate surface area is 153 Å². The molecule has 7 heteroatoms. The zero-order chi connectivity index (χ0) is 17.1. The Morgan fingerprint density at radius 1 is 1.12 bits per heavy atom. The lowest BCUT2D eigenvalue weighted by Gasteiger charge is -2.09. The highest BCUT2D eigenvalue weighted by Crippen LogP contribution is 2.26. The Balaban J connectivity index is 1.65. The molecule has 0 spiro atoms. The summed E-state index contributed by atoms with van der Waals surface area (Å²) in [6.07, 6.45) is 0.767. The van der Waals surface area contributed by atoms with Crippen LogP contribution in [0.15, 0.2) is 63.6 Å². The third-order valence-electron chi connectivity index (χ3n) is 3.65. The molecule has 0 aliphatic carbocycles. The highest BCUT2D eigenvalue weighted by molar-refractivity contribution is 7.98. The van der Waals surface area contributed by atoms with Gasteiger partial charge in [0.2, 0.25) is 0 Å². The van der Waals surface area contributed by atoms with Gasteiger partial charge in [-0.3, -0.25) is 4.57 Å². The summed E-state index contributed by atoms with van der Waals surface area (Å²) in [5.41, 5.74) is 1.97. The average molecular weight is 368 g/mol. The molecule has 0 radical (unpaired) electrons. The summed E-state index contributed by atoms with van der Waals surface area (Å²) < 4.78 is 7.26. The number of thiophene rings is 1. The molecule has 0 fully saturated rings. The molecule has 126 valence electrons. The number of nitrogens with zero attached hydrogens (tertiary/aromatic N) is 4. The molecule has 0 aliphatic heterocycles. The van der Waals surface area contributed by atoms with E-state index in [-0.39, 0.29) is 0 Å². The lowest BCUT2D eigenvalue weighted by atomic mass is 10.3. The Morgan fingerprint density at radius 2 is 2.00 bits per heavy atom. The molecule has 0 saturated carbocycles. The Bertz CT molecular complexity index is 945. The molecule has 4 aromatic rings. The summed E-state index contributed by atoms with van der Waals surface area (Å²) in [6.45, 7) is 1.90. The molecule has 3 aromatic heterocycles. The van der Waals surface area contributed by atoms with Crippen LogP contribution in [0.1, 0.15) is 22.2 Å². The van der Waals surface area contributed by atoms with E-state index in [1.807, 2.05) is 31.2 Å². The van der Waals surface area contributed by atoms with Gasteiger partial charge in [-0.2, -0.15) is 0 Å². The van der Waals surface area contributed by atoms with Gasteiger partial charge in [0.25, 0.3) is 0 Å². The molecule has 4 rings (SSSR count). The van der Waals surface area contributed by atoms with E-state index in [4.69, 9.17) is 4.52 Å². The molecule has 0 amide bonds. The highest BCUT2D eigenvalue weighted by Gasteiger charge is 2.16. The predicted molar refractivity (Wildman–Crippen MR) is 99.3 cm³/mol. The third kappa shape index (κ3) is 3.67. The van der Waals surface area contributed by atoms with Gasteiger partial charge in [-0.25, -0.2) is 0 Å². The molecule has 0 bridgehead atoms. The average Bonchev–Trinajstić information content (AvgIpc) is 3.36. The van der Waals surface area contributed by atoms with Gasteiger partial charge < -0.3 is 4.52 Å². The number of rotatable bonds is 6. The first-order valence-electron chi connectivity index (χ1n) is 7.87. The summed E-state index contributed by atoms with van der Waals surface area (Å²) in [5.74, 6) is 2.45. The van der Waals surface area contributed by atoms with Crippen molar-refractivity contribution >= 4 is 23.1 Å². The zero-order valence-electron chi connectivity index (χ0n) is 13.6. The molecular formula is C18H16N4OS2.